The SMILES string of the molecule is CC(N)C(=O)c1ccc2cnncc2c1. The molecule has 2 aromatic rings. The maximum Gasteiger partial charge on any atom is 0.179 e. The molecule has 0 saturated heterocycles. The molecule has 4 heteroatoms. The summed E-state index contributed by atoms with van der Waals surface area (Å²) in [5.41, 5.74) is 6.15. The van der Waals surface area contributed by atoms with Crippen LogP contribution in [0.4, 0.5) is 0 Å². The predicted octanol–water partition coefficient (Wildman–Crippen LogP) is 1.16. The second kappa shape index (κ2) is 3.74. The normalized spacial score (nSPS) is 12.7. The van der Waals surface area contributed by atoms with E-state index in [1.807, 2.05) is 6.07 Å². The number of hydrogen-bond donors (Lipinski definition) is 1. The Labute approximate surface area is 87.1 Å². The first-order valence-electron chi connectivity index (χ1n) is 4.69. The van der Waals surface area contributed by atoms with Crippen LogP contribution in [0, 0.1) is 0 Å². The van der Waals surface area contributed by atoms with Gasteiger partial charge in [0.1, 0.15) is 0 Å². The van der Waals surface area contributed by atoms with Gasteiger partial charge in [0.2, 0.25) is 0 Å². The average molecular weight is 201 g/mol. The number of hydrogen-bond acceptors (Lipinski definition) is 4. The van der Waals surface area contributed by atoms with Gasteiger partial charge in [0, 0.05) is 16.3 Å². The van der Waals surface area contributed by atoms with E-state index in [2.05, 4.69) is 10.2 Å². The number of carbonyl (C=O) groups is 1. The summed E-state index contributed by atoms with van der Waals surface area (Å²) in [6.45, 7) is 1.68. The Morgan fingerprint density at radius 2 is 1.93 bits per heavy atom. The molecule has 1 unspecified atom stereocenters. The highest BCUT2D eigenvalue weighted by molar-refractivity contribution is 6.02. The maximum atomic E-state index is 11.6. The molecular formula is C11H11N3O. The fourth-order valence-corrected chi connectivity index (χ4v) is 1.41. The fraction of sp³-hybridized carbons (Fsp3) is 0.182. The quantitative estimate of drug-likeness (QED) is 0.740. The summed E-state index contributed by atoms with van der Waals surface area (Å²) in [5.74, 6) is -0.0614. The third-order valence-corrected chi connectivity index (χ3v) is 2.25. The summed E-state index contributed by atoms with van der Waals surface area (Å²) in [6.07, 6.45) is 3.29. The van der Waals surface area contributed by atoms with Gasteiger partial charge in [-0.2, -0.15) is 10.2 Å². The van der Waals surface area contributed by atoms with Crippen molar-refractivity contribution in [3.63, 3.8) is 0 Å². The van der Waals surface area contributed by atoms with E-state index in [0.717, 1.165) is 10.8 Å². The molecule has 1 heterocycles. The zero-order valence-corrected chi connectivity index (χ0v) is 8.34. The summed E-state index contributed by atoms with van der Waals surface area (Å²) in [6, 6.07) is 4.92. The predicted molar refractivity (Wildman–Crippen MR) is 57.5 cm³/mol. The number of nitrogens with two attached hydrogens (primary N) is 1. The zero-order valence-electron chi connectivity index (χ0n) is 8.34. The van der Waals surface area contributed by atoms with E-state index >= 15 is 0 Å². The highest BCUT2D eigenvalue weighted by atomic mass is 16.1. The number of rotatable bonds is 2. The van der Waals surface area contributed by atoms with Crippen LogP contribution in [0.5, 0.6) is 0 Å². The first kappa shape index (κ1) is 9.73. The van der Waals surface area contributed by atoms with Crippen molar-refractivity contribution in [1.29, 1.82) is 0 Å². The Hall–Kier alpha value is -1.81. The highest BCUT2D eigenvalue weighted by Gasteiger charge is 2.10. The molecule has 0 bridgehead atoms. The van der Waals surface area contributed by atoms with Crippen molar-refractivity contribution in [1.82, 2.24) is 10.2 Å². The fourth-order valence-electron chi connectivity index (χ4n) is 1.41. The van der Waals surface area contributed by atoms with E-state index in [1.165, 1.54) is 0 Å². The molecule has 1 atom stereocenters. The Morgan fingerprint density at radius 1 is 1.27 bits per heavy atom. The van der Waals surface area contributed by atoms with Crippen LogP contribution in [-0.2, 0) is 0 Å². The third-order valence-electron chi connectivity index (χ3n) is 2.25. The minimum Gasteiger partial charge on any atom is -0.321 e. The monoisotopic (exact) mass is 201 g/mol. The van der Waals surface area contributed by atoms with Gasteiger partial charge in [0.15, 0.2) is 5.78 Å². The second-order valence-electron chi connectivity index (χ2n) is 3.49. The van der Waals surface area contributed by atoms with Gasteiger partial charge in [-0.15, -0.1) is 0 Å². The Bertz CT molecular complexity index is 508. The molecule has 76 valence electrons. The van der Waals surface area contributed by atoms with E-state index in [1.54, 1.807) is 31.5 Å². The van der Waals surface area contributed by atoms with Crippen molar-refractivity contribution in [2.24, 2.45) is 5.73 Å². The van der Waals surface area contributed by atoms with Crippen LogP contribution in [0.15, 0.2) is 30.6 Å². The minimum absolute atomic E-state index is 0.0614. The van der Waals surface area contributed by atoms with Gasteiger partial charge in [0.05, 0.1) is 18.4 Å². The van der Waals surface area contributed by atoms with Crippen molar-refractivity contribution >= 4 is 16.6 Å². The first-order valence-corrected chi connectivity index (χ1v) is 4.69. The zero-order chi connectivity index (χ0) is 10.8. The molecule has 0 fully saturated rings. The summed E-state index contributed by atoms with van der Waals surface area (Å²) in [7, 11) is 0. The van der Waals surface area contributed by atoms with Crippen LogP contribution in [-0.4, -0.2) is 22.0 Å². The molecule has 0 aliphatic rings. The topological polar surface area (TPSA) is 68.9 Å². The number of carbonyl (C=O) groups excluding carboxylic acids is 1. The number of nitrogens with zero attached hydrogens (tertiary/aromatic N) is 2. The lowest BCUT2D eigenvalue weighted by molar-refractivity contribution is 0.0968. The van der Waals surface area contributed by atoms with Crippen LogP contribution in [0.3, 0.4) is 0 Å². The lowest BCUT2D eigenvalue weighted by Crippen LogP contribution is -2.26. The lowest BCUT2D eigenvalue weighted by Gasteiger charge is -2.04. The third kappa shape index (κ3) is 1.85. The van der Waals surface area contributed by atoms with Crippen molar-refractivity contribution < 1.29 is 4.79 Å². The summed E-state index contributed by atoms with van der Waals surface area (Å²) >= 11 is 0. The van der Waals surface area contributed by atoms with Gasteiger partial charge in [-0.1, -0.05) is 12.1 Å². The lowest BCUT2D eigenvalue weighted by atomic mass is 10.0. The number of aromatic nitrogens is 2. The molecule has 0 radical (unpaired) electrons. The number of fused-ring (bicyclic) bond motifs is 1. The van der Waals surface area contributed by atoms with Gasteiger partial charge in [-0.3, -0.25) is 4.79 Å². The maximum absolute atomic E-state index is 11.6. The van der Waals surface area contributed by atoms with E-state index in [9.17, 15) is 4.79 Å². The smallest absolute Gasteiger partial charge is 0.179 e. The highest BCUT2D eigenvalue weighted by Crippen LogP contribution is 2.14. The molecule has 15 heavy (non-hydrogen) atoms. The molecule has 1 aromatic carbocycles. The molecule has 0 aliphatic carbocycles. The van der Waals surface area contributed by atoms with Crippen LogP contribution >= 0.6 is 0 Å². The average Bonchev–Trinajstić information content (AvgIpc) is 2.27. The second-order valence-corrected chi connectivity index (χ2v) is 3.49. The molecule has 2 N–H and O–H groups in total. The molecule has 0 spiro atoms. The Morgan fingerprint density at radius 3 is 2.60 bits per heavy atom. The number of benzene rings is 1. The number of ketones is 1. The van der Waals surface area contributed by atoms with Crippen LogP contribution in [0.2, 0.25) is 0 Å². The number of Topliss-reactive ketones (excluding diaryl/α,β-unsaturated/α-hetero) is 1. The van der Waals surface area contributed by atoms with E-state index < -0.39 is 6.04 Å². The van der Waals surface area contributed by atoms with Gasteiger partial charge in [-0.05, 0) is 13.0 Å². The van der Waals surface area contributed by atoms with Crippen LogP contribution in [0.25, 0.3) is 10.8 Å². The van der Waals surface area contributed by atoms with E-state index in [4.69, 9.17) is 5.73 Å². The van der Waals surface area contributed by atoms with Crippen LogP contribution in [0.1, 0.15) is 17.3 Å². The van der Waals surface area contributed by atoms with Gasteiger partial charge >= 0.3 is 0 Å². The minimum atomic E-state index is -0.475. The molecule has 4 nitrogen and oxygen atoms in total. The molecule has 0 aliphatic heterocycles. The summed E-state index contributed by atoms with van der Waals surface area (Å²) in [5, 5.41) is 9.39. The van der Waals surface area contributed by atoms with Gasteiger partial charge in [0.25, 0.3) is 0 Å². The largest absolute Gasteiger partial charge is 0.321 e. The summed E-state index contributed by atoms with van der Waals surface area (Å²) < 4.78 is 0. The van der Waals surface area contributed by atoms with E-state index in [0.29, 0.717) is 5.56 Å². The van der Waals surface area contributed by atoms with Crippen LogP contribution < -0.4 is 5.73 Å². The summed E-state index contributed by atoms with van der Waals surface area (Å²) in [4.78, 5) is 11.6. The van der Waals surface area contributed by atoms with Crippen molar-refractivity contribution in [3.05, 3.63) is 36.2 Å². The molecule has 2 rings (SSSR count). The van der Waals surface area contributed by atoms with Crippen molar-refractivity contribution in [3.8, 4) is 0 Å². The first-order chi connectivity index (χ1) is 7.18. The van der Waals surface area contributed by atoms with E-state index in [-0.39, 0.29) is 5.78 Å². The Kier molecular flexibility index (Phi) is 2.43. The molecule has 0 amide bonds. The molecular weight excluding hydrogens is 190 g/mol. The van der Waals surface area contributed by atoms with Gasteiger partial charge < -0.3 is 5.73 Å². The van der Waals surface area contributed by atoms with Gasteiger partial charge in [-0.25, -0.2) is 0 Å². The molecule has 0 saturated carbocycles. The standard InChI is InChI=1S/C11H11N3O/c1-7(12)11(15)8-2-3-9-5-13-14-6-10(9)4-8/h2-7H,12H2,1H3. The molecule has 1 aromatic heterocycles. The Balaban J connectivity index is 2.52. The van der Waals surface area contributed by atoms with Crippen molar-refractivity contribution in [2.45, 2.75) is 13.0 Å². The van der Waals surface area contributed by atoms with Crippen molar-refractivity contribution in [2.75, 3.05) is 0 Å².